The highest BCUT2D eigenvalue weighted by Gasteiger charge is 2.38. The van der Waals surface area contributed by atoms with E-state index in [0.717, 1.165) is 0 Å². The summed E-state index contributed by atoms with van der Waals surface area (Å²) < 4.78 is 16.3. The highest BCUT2D eigenvalue weighted by Crippen LogP contribution is 2.23. The summed E-state index contributed by atoms with van der Waals surface area (Å²) >= 11 is 0. The van der Waals surface area contributed by atoms with Crippen molar-refractivity contribution in [2.75, 3.05) is 39.6 Å². The highest BCUT2D eigenvalue weighted by molar-refractivity contribution is 5.85. The first-order valence-electron chi connectivity index (χ1n) is 6.43. The maximum Gasteiger partial charge on any atom is 0.145 e. The van der Waals surface area contributed by atoms with E-state index in [2.05, 4.69) is 0 Å². The average Bonchev–Trinajstić information content (AvgIpc) is 2.37. The van der Waals surface area contributed by atoms with Gasteiger partial charge in [0.2, 0.25) is 0 Å². The van der Waals surface area contributed by atoms with Crippen LogP contribution in [0.2, 0.25) is 0 Å². The maximum atomic E-state index is 12.1. The third-order valence-corrected chi connectivity index (χ3v) is 2.66. The first kappa shape index (κ1) is 16.6. The molecule has 0 amide bonds. The Morgan fingerprint density at radius 1 is 0.824 bits per heavy atom. The summed E-state index contributed by atoms with van der Waals surface area (Å²) in [6, 6.07) is 0. The monoisotopic (exact) mass is 246 g/mol. The van der Waals surface area contributed by atoms with E-state index < -0.39 is 5.41 Å². The molecule has 0 N–H and O–H groups in total. The van der Waals surface area contributed by atoms with Gasteiger partial charge in [-0.3, -0.25) is 4.79 Å². The summed E-state index contributed by atoms with van der Waals surface area (Å²) in [6.45, 7) is 10.5. The first-order valence-corrected chi connectivity index (χ1v) is 6.43. The van der Waals surface area contributed by atoms with Crippen LogP contribution in [0.4, 0.5) is 0 Å². The number of ether oxygens (including phenoxy) is 3. The topological polar surface area (TPSA) is 44.8 Å². The minimum Gasteiger partial charge on any atom is -0.381 e. The summed E-state index contributed by atoms with van der Waals surface area (Å²) in [5, 5.41) is 0. The van der Waals surface area contributed by atoms with Crippen molar-refractivity contribution in [3.63, 3.8) is 0 Å². The summed E-state index contributed by atoms with van der Waals surface area (Å²) in [5.74, 6) is 0.146. The molecule has 0 saturated carbocycles. The average molecular weight is 246 g/mol. The van der Waals surface area contributed by atoms with Crippen LogP contribution >= 0.6 is 0 Å². The predicted molar refractivity (Wildman–Crippen MR) is 67.2 cm³/mol. The number of hydrogen-bond acceptors (Lipinski definition) is 4. The number of carbonyl (C=O) groups excluding carboxylic acids is 1. The summed E-state index contributed by atoms with van der Waals surface area (Å²) in [4.78, 5) is 12.1. The van der Waals surface area contributed by atoms with Gasteiger partial charge >= 0.3 is 0 Å². The smallest absolute Gasteiger partial charge is 0.145 e. The van der Waals surface area contributed by atoms with Crippen LogP contribution in [0.5, 0.6) is 0 Å². The summed E-state index contributed by atoms with van der Waals surface area (Å²) in [7, 11) is 0. The molecular formula is C13H26O4. The van der Waals surface area contributed by atoms with Gasteiger partial charge in [0.05, 0.1) is 25.2 Å². The molecule has 0 aromatic rings. The van der Waals surface area contributed by atoms with Crippen molar-refractivity contribution in [3.8, 4) is 0 Å². The second-order valence-electron chi connectivity index (χ2n) is 3.97. The van der Waals surface area contributed by atoms with Crippen molar-refractivity contribution in [1.29, 1.82) is 0 Å². The van der Waals surface area contributed by atoms with Crippen LogP contribution in [0.1, 0.15) is 34.1 Å². The lowest BCUT2D eigenvalue weighted by Gasteiger charge is -2.31. The van der Waals surface area contributed by atoms with Crippen molar-refractivity contribution in [2.24, 2.45) is 5.41 Å². The largest absolute Gasteiger partial charge is 0.381 e. The van der Waals surface area contributed by atoms with Gasteiger partial charge < -0.3 is 14.2 Å². The quantitative estimate of drug-likeness (QED) is 0.560. The maximum absolute atomic E-state index is 12.1. The van der Waals surface area contributed by atoms with Crippen LogP contribution < -0.4 is 0 Å². The van der Waals surface area contributed by atoms with Crippen LogP contribution in [0.3, 0.4) is 0 Å². The number of hydrogen-bond donors (Lipinski definition) is 0. The molecule has 4 nitrogen and oxygen atoms in total. The van der Waals surface area contributed by atoms with Gasteiger partial charge in [0.25, 0.3) is 0 Å². The SMILES string of the molecule is CCOCC(COCC)(COCC)C(=O)CC. The Balaban J connectivity index is 4.70. The van der Waals surface area contributed by atoms with Crippen LogP contribution in [-0.4, -0.2) is 45.4 Å². The lowest BCUT2D eigenvalue weighted by molar-refractivity contribution is -0.143. The van der Waals surface area contributed by atoms with Gasteiger partial charge in [-0.05, 0) is 20.8 Å². The zero-order valence-corrected chi connectivity index (χ0v) is 11.6. The molecular weight excluding hydrogens is 220 g/mol. The normalized spacial score (nSPS) is 11.8. The standard InChI is InChI=1S/C13H26O4/c1-5-12(14)13(9-15-6-2,10-16-7-3)11-17-8-4/h5-11H2,1-4H3. The molecule has 0 atom stereocenters. The number of carbonyl (C=O) groups is 1. The molecule has 0 fully saturated rings. The van der Waals surface area contributed by atoms with Gasteiger partial charge in [-0.1, -0.05) is 6.92 Å². The molecule has 0 unspecified atom stereocenters. The van der Waals surface area contributed by atoms with Crippen LogP contribution in [-0.2, 0) is 19.0 Å². The zero-order chi connectivity index (χ0) is 13.1. The van der Waals surface area contributed by atoms with Gasteiger partial charge in [0.1, 0.15) is 5.78 Å². The van der Waals surface area contributed by atoms with Gasteiger partial charge in [-0.2, -0.15) is 0 Å². The van der Waals surface area contributed by atoms with E-state index in [1.54, 1.807) is 0 Å². The second-order valence-corrected chi connectivity index (χ2v) is 3.97. The molecule has 0 bridgehead atoms. The Hall–Kier alpha value is -0.450. The summed E-state index contributed by atoms with van der Waals surface area (Å²) in [5.41, 5.74) is -0.642. The molecule has 0 rings (SSSR count). The Morgan fingerprint density at radius 2 is 1.18 bits per heavy atom. The van der Waals surface area contributed by atoms with Gasteiger partial charge in [-0.15, -0.1) is 0 Å². The van der Waals surface area contributed by atoms with E-state index >= 15 is 0 Å². The highest BCUT2D eigenvalue weighted by atomic mass is 16.5. The molecule has 0 aliphatic heterocycles. The van der Waals surface area contributed by atoms with E-state index in [1.165, 1.54) is 0 Å². The zero-order valence-electron chi connectivity index (χ0n) is 11.6. The number of ketones is 1. The van der Waals surface area contributed by atoms with Crippen molar-refractivity contribution in [3.05, 3.63) is 0 Å². The van der Waals surface area contributed by atoms with Crippen molar-refractivity contribution in [2.45, 2.75) is 34.1 Å². The molecule has 0 saturated heterocycles. The van der Waals surface area contributed by atoms with Crippen molar-refractivity contribution < 1.29 is 19.0 Å². The predicted octanol–water partition coefficient (Wildman–Crippen LogP) is 2.06. The third-order valence-electron chi connectivity index (χ3n) is 2.66. The Kier molecular flexibility index (Phi) is 9.31. The van der Waals surface area contributed by atoms with E-state index in [4.69, 9.17) is 14.2 Å². The molecule has 0 spiro atoms. The fraction of sp³-hybridized carbons (Fsp3) is 0.923. The fourth-order valence-corrected chi connectivity index (χ4v) is 1.63. The second kappa shape index (κ2) is 9.57. The minimum absolute atomic E-state index is 0.146. The molecule has 0 aromatic carbocycles. The third kappa shape index (κ3) is 5.61. The molecule has 102 valence electrons. The minimum atomic E-state index is -0.642. The van der Waals surface area contributed by atoms with Gasteiger partial charge in [0, 0.05) is 26.2 Å². The molecule has 0 heterocycles. The molecule has 0 aliphatic carbocycles. The van der Waals surface area contributed by atoms with Crippen molar-refractivity contribution >= 4 is 5.78 Å². The van der Waals surface area contributed by atoms with Crippen LogP contribution in [0.15, 0.2) is 0 Å². The van der Waals surface area contributed by atoms with Crippen molar-refractivity contribution in [1.82, 2.24) is 0 Å². The van der Waals surface area contributed by atoms with Gasteiger partial charge in [0.15, 0.2) is 0 Å². The Labute approximate surface area is 105 Å². The van der Waals surface area contributed by atoms with E-state index in [9.17, 15) is 4.79 Å². The Morgan fingerprint density at radius 3 is 1.41 bits per heavy atom. The van der Waals surface area contributed by atoms with Crippen LogP contribution in [0, 0.1) is 5.41 Å². The lowest BCUT2D eigenvalue weighted by Crippen LogP contribution is -2.44. The van der Waals surface area contributed by atoms with E-state index in [0.29, 0.717) is 46.1 Å². The molecule has 4 heteroatoms. The Bertz CT molecular complexity index is 182. The fourth-order valence-electron chi connectivity index (χ4n) is 1.63. The number of Topliss-reactive ketones (excluding diaryl/α,β-unsaturated/α-hetero) is 1. The molecule has 0 radical (unpaired) electrons. The van der Waals surface area contributed by atoms with E-state index in [1.807, 2.05) is 27.7 Å². The molecule has 17 heavy (non-hydrogen) atoms. The first-order chi connectivity index (χ1) is 8.16. The molecule has 0 aliphatic rings. The lowest BCUT2D eigenvalue weighted by atomic mass is 9.84. The number of rotatable bonds is 11. The summed E-state index contributed by atoms with van der Waals surface area (Å²) in [6.07, 6.45) is 0.479. The van der Waals surface area contributed by atoms with Crippen LogP contribution in [0.25, 0.3) is 0 Å². The van der Waals surface area contributed by atoms with E-state index in [-0.39, 0.29) is 5.78 Å². The molecule has 0 aromatic heterocycles. The van der Waals surface area contributed by atoms with Gasteiger partial charge in [-0.25, -0.2) is 0 Å².